The van der Waals surface area contributed by atoms with Crippen molar-refractivity contribution in [2.24, 2.45) is 5.73 Å². The van der Waals surface area contributed by atoms with Crippen LogP contribution in [-0.4, -0.2) is 11.8 Å². The minimum atomic E-state index is 0.693. The van der Waals surface area contributed by atoms with E-state index in [1.54, 1.807) is 0 Å². The highest BCUT2D eigenvalue weighted by Crippen LogP contribution is 2.37. The van der Waals surface area contributed by atoms with Gasteiger partial charge in [0.15, 0.2) is 0 Å². The summed E-state index contributed by atoms with van der Waals surface area (Å²) in [7, 11) is 0. The van der Waals surface area contributed by atoms with Crippen LogP contribution in [0.4, 0.5) is 0 Å². The van der Waals surface area contributed by atoms with E-state index in [1.165, 1.54) is 36.1 Å². The molecule has 1 fully saturated rings. The number of thioether (sulfide) groups is 1. The van der Waals surface area contributed by atoms with Crippen molar-refractivity contribution in [1.29, 1.82) is 0 Å². The summed E-state index contributed by atoms with van der Waals surface area (Å²) in [4.78, 5) is 1.38. The van der Waals surface area contributed by atoms with Crippen LogP contribution in [0, 0.1) is 0 Å². The smallest absolute Gasteiger partial charge is 0.0409 e. The number of hydrogen-bond acceptors (Lipinski definition) is 2. The van der Waals surface area contributed by atoms with Gasteiger partial charge >= 0.3 is 0 Å². The first-order chi connectivity index (χ1) is 7.79. The molecule has 0 unspecified atom stereocenters. The summed E-state index contributed by atoms with van der Waals surface area (Å²) in [6.45, 7) is 0.693. The maximum atomic E-state index is 6.02. The Morgan fingerprint density at radius 1 is 1.31 bits per heavy atom. The summed E-state index contributed by atoms with van der Waals surface area (Å²) < 4.78 is 0. The predicted octanol–water partition coefficient (Wildman–Crippen LogP) is 3.88. The third-order valence-corrected chi connectivity index (χ3v) is 4.72. The number of rotatable bonds is 4. The van der Waals surface area contributed by atoms with Crippen LogP contribution in [0.25, 0.3) is 0 Å². The third-order valence-electron chi connectivity index (χ3n) is 3.03. The fourth-order valence-corrected chi connectivity index (χ4v) is 3.78. The van der Waals surface area contributed by atoms with Crippen molar-refractivity contribution in [1.82, 2.24) is 0 Å². The van der Waals surface area contributed by atoms with E-state index >= 15 is 0 Å². The van der Waals surface area contributed by atoms with Gasteiger partial charge in [-0.3, -0.25) is 0 Å². The monoisotopic (exact) mass is 255 g/mol. The van der Waals surface area contributed by atoms with Gasteiger partial charge in [-0.15, -0.1) is 11.8 Å². The van der Waals surface area contributed by atoms with Gasteiger partial charge in [-0.2, -0.15) is 0 Å². The summed E-state index contributed by atoms with van der Waals surface area (Å²) in [5, 5.41) is 1.62. The van der Waals surface area contributed by atoms with Gasteiger partial charge in [-0.05, 0) is 49.6 Å². The van der Waals surface area contributed by atoms with E-state index in [1.807, 2.05) is 17.8 Å². The number of benzene rings is 1. The van der Waals surface area contributed by atoms with Crippen molar-refractivity contribution in [3.8, 4) is 0 Å². The van der Waals surface area contributed by atoms with Crippen molar-refractivity contribution in [2.75, 3.05) is 6.54 Å². The maximum Gasteiger partial charge on any atom is 0.0409 e. The van der Waals surface area contributed by atoms with E-state index < -0.39 is 0 Å². The molecule has 1 aromatic rings. The molecule has 1 aliphatic rings. The molecule has 1 aromatic carbocycles. The van der Waals surface area contributed by atoms with Gasteiger partial charge in [0.1, 0.15) is 0 Å². The quantitative estimate of drug-likeness (QED) is 0.884. The van der Waals surface area contributed by atoms with Crippen molar-refractivity contribution in [2.45, 2.75) is 42.2 Å². The van der Waals surface area contributed by atoms with Crippen LogP contribution in [0.3, 0.4) is 0 Å². The second kappa shape index (κ2) is 5.95. The van der Waals surface area contributed by atoms with Crippen LogP contribution in [-0.2, 0) is 6.42 Å². The molecule has 1 nitrogen and oxygen atoms in total. The highest BCUT2D eigenvalue weighted by atomic mass is 35.5. The van der Waals surface area contributed by atoms with Crippen LogP contribution in [0.1, 0.15) is 31.2 Å². The molecule has 0 atom stereocenters. The first kappa shape index (κ1) is 12.3. The molecule has 16 heavy (non-hydrogen) atoms. The first-order valence-corrected chi connectivity index (χ1v) is 7.20. The van der Waals surface area contributed by atoms with E-state index in [9.17, 15) is 0 Å². The molecular formula is C13H18ClNS. The van der Waals surface area contributed by atoms with Crippen LogP contribution in [0.2, 0.25) is 5.02 Å². The van der Waals surface area contributed by atoms with E-state index in [2.05, 4.69) is 12.1 Å². The molecule has 1 aliphatic carbocycles. The Morgan fingerprint density at radius 3 is 2.75 bits per heavy atom. The summed E-state index contributed by atoms with van der Waals surface area (Å²) in [5.74, 6) is 0. The lowest BCUT2D eigenvalue weighted by Gasteiger charge is -2.13. The molecule has 1 saturated carbocycles. The molecule has 2 rings (SSSR count). The minimum Gasteiger partial charge on any atom is -0.330 e. The molecule has 3 heteroatoms. The number of halogens is 1. The van der Waals surface area contributed by atoms with Gasteiger partial charge in [0, 0.05) is 15.2 Å². The van der Waals surface area contributed by atoms with Gasteiger partial charge in [0.2, 0.25) is 0 Å². The van der Waals surface area contributed by atoms with Gasteiger partial charge in [-0.1, -0.05) is 24.4 Å². The van der Waals surface area contributed by atoms with Crippen LogP contribution in [0.5, 0.6) is 0 Å². The fourth-order valence-electron chi connectivity index (χ4n) is 2.20. The average Bonchev–Trinajstić information content (AvgIpc) is 2.75. The SMILES string of the molecule is NCCc1cc(Cl)ccc1SC1CCCC1. The topological polar surface area (TPSA) is 26.0 Å². The van der Waals surface area contributed by atoms with E-state index in [0.29, 0.717) is 6.54 Å². The molecule has 0 saturated heterocycles. The summed E-state index contributed by atoms with van der Waals surface area (Å²) in [5.41, 5.74) is 6.95. The molecule has 0 bridgehead atoms. The van der Waals surface area contributed by atoms with Gasteiger partial charge in [-0.25, -0.2) is 0 Å². The van der Waals surface area contributed by atoms with Crippen molar-refractivity contribution in [3.63, 3.8) is 0 Å². The Bertz CT molecular complexity index is 348. The average molecular weight is 256 g/mol. The van der Waals surface area contributed by atoms with Crippen molar-refractivity contribution < 1.29 is 0 Å². The summed E-state index contributed by atoms with van der Waals surface area (Å²) in [6.07, 6.45) is 6.41. The lowest BCUT2D eigenvalue weighted by molar-refractivity contribution is 0.886. The van der Waals surface area contributed by atoms with E-state index in [0.717, 1.165) is 16.7 Å². The van der Waals surface area contributed by atoms with E-state index in [4.69, 9.17) is 17.3 Å². The number of nitrogens with two attached hydrogens (primary N) is 1. The highest BCUT2D eigenvalue weighted by molar-refractivity contribution is 8.00. The Labute approximate surface area is 107 Å². The van der Waals surface area contributed by atoms with Crippen LogP contribution >= 0.6 is 23.4 Å². The summed E-state index contributed by atoms with van der Waals surface area (Å²) >= 11 is 8.03. The standard InChI is InChI=1S/C13H18ClNS/c14-11-5-6-13(10(9-11)7-8-15)16-12-3-1-2-4-12/h5-6,9,12H,1-4,7-8,15H2. The van der Waals surface area contributed by atoms with Gasteiger partial charge in [0.05, 0.1) is 0 Å². The molecular weight excluding hydrogens is 238 g/mol. The van der Waals surface area contributed by atoms with Crippen LogP contribution in [0.15, 0.2) is 23.1 Å². The predicted molar refractivity (Wildman–Crippen MR) is 72.3 cm³/mol. The van der Waals surface area contributed by atoms with Crippen LogP contribution < -0.4 is 5.73 Å². The fraction of sp³-hybridized carbons (Fsp3) is 0.538. The lowest BCUT2D eigenvalue weighted by atomic mass is 10.1. The molecule has 0 radical (unpaired) electrons. The third kappa shape index (κ3) is 3.16. The zero-order chi connectivity index (χ0) is 11.4. The lowest BCUT2D eigenvalue weighted by Crippen LogP contribution is -2.04. The zero-order valence-electron chi connectivity index (χ0n) is 9.42. The number of hydrogen-bond donors (Lipinski definition) is 1. The largest absolute Gasteiger partial charge is 0.330 e. The normalized spacial score (nSPS) is 16.9. The van der Waals surface area contributed by atoms with Crippen molar-refractivity contribution in [3.05, 3.63) is 28.8 Å². The minimum absolute atomic E-state index is 0.693. The molecule has 88 valence electrons. The zero-order valence-corrected chi connectivity index (χ0v) is 11.0. The Kier molecular flexibility index (Phi) is 4.56. The Morgan fingerprint density at radius 2 is 2.06 bits per heavy atom. The Balaban J connectivity index is 2.11. The second-order valence-electron chi connectivity index (χ2n) is 4.32. The van der Waals surface area contributed by atoms with Gasteiger partial charge < -0.3 is 5.73 Å². The van der Waals surface area contributed by atoms with Crippen molar-refractivity contribution >= 4 is 23.4 Å². The molecule has 0 aliphatic heterocycles. The molecule has 0 spiro atoms. The Hall–Kier alpha value is -0.180. The van der Waals surface area contributed by atoms with E-state index in [-0.39, 0.29) is 0 Å². The molecule has 0 amide bonds. The van der Waals surface area contributed by atoms with Gasteiger partial charge in [0.25, 0.3) is 0 Å². The second-order valence-corrected chi connectivity index (χ2v) is 6.09. The molecule has 2 N–H and O–H groups in total. The molecule has 0 heterocycles. The highest BCUT2D eigenvalue weighted by Gasteiger charge is 2.17. The molecule has 0 aromatic heterocycles. The summed E-state index contributed by atoms with van der Waals surface area (Å²) in [6, 6.07) is 6.20. The first-order valence-electron chi connectivity index (χ1n) is 5.95. The maximum absolute atomic E-state index is 6.02.